The fraction of sp³-hybridized carbons (Fsp3) is 0.200. The lowest BCUT2D eigenvalue weighted by atomic mass is 10.1. The predicted octanol–water partition coefficient (Wildman–Crippen LogP) is 3.88. The molecule has 82 valence electrons. The van der Waals surface area contributed by atoms with E-state index < -0.39 is 0 Å². The summed E-state index contributed by atoms with van der Waals surface area (Å²) in [6.45, 7) is 4.79. The van der Waals surface area contributed by atoms with Gasteiger partial charge in [0, 0.05) is 0 Å². The second kappa shape index (κ2) is 4.84. The Bertz CT molecular complexity index is 474. The van der Waals surface area contributed by atoms with Gasteiger partial charge in [-0.2, -0.15) is 0 Å². The van der Waals surface area contributed by atoms with Gasteiger partial charge in [0.15, 0.2) is 0 Å². The Morgan fingerprint density at radius 1 is 0.938 bits per heavy atom. The van der Waals surface area contributed by atoms with Crippen molar-refractivity contribution in [2.45, 2.75) is 20.5 Å². The average molecular weight is 212 g/mol. The fourth-order valence-corrected chi connectivity index (χ4v) is 1.68. The van der Waals surface area contributed by atoms with Crippen LogP contribution in [0.3, 0.4) is 0 Å². The first-order valence-electron chi connectivity index (χ1n) is 5.50. The van der Waals surface area contributed by atoms with Gasteiger partial charge in [-0.15, -0.1) is 0 Å². The van der Waals surface area contributed by atoms with Crippen LogP contribution in [0.4, 0.5) is 0 Å². The lowest BCUT2D eigenvalue weighted by Crippen LogP contribution is -1.96. The average Bonchev–Trinajstić information content (AvgIpc) is 2.28. The topological polar surface area (TPSA) is 9.23 Å². The monoisotopic (exact) mass is 212 g/mol. The van der Waals surface area contributed by atoms with Crippen molar-refractivity contribution in [1.29, 1.82) is 0 Å². The number of rotatable bonds is 3. The number of ether oxygens (including phenoxy) is 1. The molecule has 0 amide bonds. The minimum atomic E-state index is 0.631. The summed E-state index contributed by atoms with van der Waals surface area (Å²) in [7, 11) is 0. The zero-order chi connectivity index (χ0) is 11.4. The van der Waals surface area contributed by atoms with E-state index in [0.717, 1.165) is 5.75 Å². The maximum absolute atomic E-state index is 5.78. The zero-order valence-electron chi connectivity index (χ0n) is 9.73. The van der Waals surface area contributed by atoms with Crippen molar-refractivity contribution in [1.82, 2.24) is 0 Å². The van der Waals surface area contributed by atoms with E-state index in [9.17, 15) is 0 Å². The van der Waals surface area contributed by atoms with E-state index in [-0.39, 0.29) is 0 Å². The fourth-order valence-electron chi connectivity index (χ4n) is 1.68. The van der Waals surface area contributed by atoms with Gasteiger partial charge in [0.1, 0.15) is 12.4 Å². The van der Waals surface area contributed by atoms with Crippen LogP contribution < -0.4 is 4.74 Å². The summed E-state index contributed by atoms with van der Waals surface area (Å²) in [4.78, 5) is 0. The number of benzene rings is 2. The zero-order valence-corrected chi connectivity index (χ0v) is 9.73. The molecule has 1 heteroatoms. The molecule has 1 nitrogen and oxygen atoms in total. The Morgan fingerprint density at radius 3 is 2.50 bits per heavy atom. The van der Waals surface area contributed by atoms with Crippen LogP contribution >= 0.6 is 0 Å². The van der Waals surface area contributed by atoms with Crippen LogP contribution in [0.25, 0.3) is 0 Å². The normalized spacial score (nSPS) is 10.1. The standard InChI is InChI=1S/C15H16O/c1-12-6-5-8-14(10-12)11-16-15-9-4-3-7-13(15)2/h3-10H,11H2,1-2H3. The summed E-state index contributed by atoms with van der Waals surface area (Å²) in [6.07, 6.45) is 0. The molecule has 0 saturated heterocycles. The number of hydrogen-bond acceptors (Lipinski definition) is 1. The second-order valence-corrected chi connectivity index (χ2v) is 4.04. The molecule has 0 aliphatic heterocycles. The van der Waals surface area contributed by atoms with Gasteiger partial charge in [0.05, 0.1) is 0 Å². The van der Waals surface area contributed by atoms with Gasteiger partial charge in [0.25, 0.3) is 0 Å². The Hall–Kier alpha value is -1.76. The van der Waals surface area contributed by atoms with Crippen LogP contribution in [0.2, 0.25) is 0 Å². The quantitative estimate of drug-likeness (QED) is 0.750. The van der Waals surface area contributed by atoms with E-state index in [1.165, 1.54) is 16.7 Å². The van der Waals surface area contributed by atoms with Crippen molar-refractivity contribution < 1.29 is 4.74 Å². The van der Waals surface area contributed by atoms with Gasteiger partial charge in [-0.3, -0.25) is 0 Å². The Balaban J connectivity index is 2.05. The van der Waals surface area contributed by atoms with Crippen LogP contribution in [0, 0.1) is 13.8 Å². The van der Waals surface area contributed by atoms with Gasteiger partial charge >= 0.3 is 0 Å². The molecule has 0 aliphatic rings. The van der Waals surface area contributed by atoms with Crippen molar-refractivity contribution in [3.63, 3.8) is 0 Å². The molecule has 0 heterocycles. The third-order valence-corrected chi connectivity index (χ3v) is 2.57. The highest BCUT2D eigenvalue weighted by atomic mass is 16.5. The summed E-state index contributed by atoms with van der Waals surface area (Å²) in [6, 6.07) is 16.5. The van der Waals surface area contributed by atoms with Crippen LogP contribution in [0.15, 0.2) is 48.5 Å². The minimum Gasteiger partial charge on any atom is -0.489 e. The summed E-state index contributed by atoms with van der Waals surface area (Å²) in [5, 5.41) is 0. The van der Waals surface area contributed by atoms with Crippen LogP contribution in [0.5, 0.6) is 5.75 Å². The van der Waals surface area contributed by atoms with Crippen molar-refractivity contribution in [2.75, 3.05) is 0 Å². The first-order valence-corrected chi connectivity index (χ1v) is 5.50. The Labute approximate surface area is 96.7 Å². The van der Waals surface area contributed by atoms with E-state index in [2.05, 4.69) is 44.2 Å². The minimum absolute atomic E-state index is 0.631. The van der Waals surface area contributed by atoms with E-state index >= 15 is 0 Å². The molecule has 0 atom stereocenters. The lowest BCUT2D eigenvalue weighted by Gasteiger charge is -2.09. The highest BCUT2D eigenvalue weighted by Gasteiger charge is 1.98. The molecule has 0 aromatic heterocycles. The van der Waals surface area contributed by atoms with Crippen LogP contribution in [-0.2, 0) is 6.61 Å². The lowest BCUT2D eigenvalue weighted by molar-refractivity contribution is 0.304. The van der Waals surface area contributed by atoms with E-state index in [1.807, 2.05) is 18.2 Å². The third kappa shape index (κ3) is 2.63. The molecule has 0 spiro atoms. The van der Waals surface area contributed by atoms with Crippen LogP contribution in [0.1, 0.15) is 16.7 Å². The highest BCUT2D eigenvalue weighted by Crippen LogP contribution is 2.18. The van der Waals surface area contributed by atoms with Gasteiger partial charge in [0.2, 0.25) is 0 Å². The second-order valence-electron chi connectivity index (χ2n) is 4.04. The summed E-state index contributed by atoms with van der Waals surface area (Å²) in [5.41, 5.74) is 3.66. The van der Waals surface area contributed by atoms with Gasteiger partial charge < -0.3 is 4.74 Å². The van der Waals surface area contributed by atoms with Crippen molar-refractivity contribution >= 4 is 0 Å². The Morgan fingerprint density at radius 2 is 1.75 bits per heavy atom. The molecule has 0 unspecified atom stereocenters. The number of para-hydroxylation sites is 1. The van der Waals surface area contributed by atoms with E-state index in [4.69, 9.17) is 4.74 Å². The smallest absolute Gasteiger partial charge is 0.122 e. The molecular weight excluding hydrogens is 196 g/mol. The molecule has 0 fully saturated rings. The molecule has 0 saturated carbocycles. The van der Waals surface area contributed by atoms with Gasteiger partial charge in [-0.05, 0) is 31.0 Å². The number of aryl methyl sites for hydroxylation is 2. The van der Waals surface area contributed by atoms with Gasteiger partial charge in [-0.25, -0.2) is 0 Å². The third-order valence-electron chi connectivity index (χ3n) is 2.57. The maximum atomic E-state index is 5.78. The molecule has 0 bridgehead atoms. The molecule has 2 rings (SSSR count). The maximum Gasteiger partial charge on any atom is 0.122 e. The van der Waals surface area contributed by atoms with Crippen molar-refractivity contribution in [3.05, 3.63) is 65.2 Å². The van der Waals surface area contributed by atoms with Crippen LogP contribution in [-0.4, -0.2) is 0 Å². The van der Waals surface area contributed by atoms with Crippen molar-refractivity contribution in [3.8, 4) is 5.75 Å². The molecule has 2 aromatic rings. The first kappa shape index (κ1) is 10.7. The van der Waals surface area contributed by atoms with Gasteiger partial charge in [-0.1, -0.05) is 48.0 Å². The summed E-state index contributed by atoms with van der Waals surface area (Å²) >= 11 is 0. The predicted molar refractivity (Wildman–Crippen MR) is 66.7 cm³/mol. The largest absolute Gasteiger partial charge is 0.489 e. The Kier molecular flexibility index (Phi) is 3.25. The first-order chi connectivity index (χ1) is 7.75. The SMILES string of the molecule is Cc1cccc(COc2ccccc2C)c1. The number of hydrogen-bond donors (Lipinski definition) is 0. The summed E-state index contributed by atoms with van der Waals surface area (Å²) < 4.78 is 5.78. The summed E-state index contributed by atoms with van der Waals surface area (Å²) in [5.74, 6) is 0.962. The van der Waals surface area contributed by atoms with E-state index in [1.54, 1.807) is 0 Å². The molecule has 16 heavy (non-hydrogen) atoms. The molecular formula is C15H16O. The highest BCUT2D eigenvalue weighted by molar-refractivity contribution is 5.32. The van der Waals surface area contributed by atoms with Crippen molar-refractivity contribution in [2.24, 2.45) is 0 Å². The molecule has 0 aliphatic carbocycles. The molecule has 2 aromatic carbocycles. The van der Waals surface area contributed by atoms with E-state index in [0.29, 0.717) is 6.61 Å². The molecule has 0 N–H and O–H groups in total. The molecule has 0 radical (unpaired) electrons.